The number of hydrogen-bond acceptors (Lipinski definition) is 6. The van der Waals surface area contributed by atoms with Gasteiger partial charge in [0.2, 0.25) is 11.8 Å². The Hall–Kier alpha value is -3.72. The third-order valence-corrected chi connectivity index (χ3v) is 6.82. The Morgan fingerprint density at radius 1 is 1.14 bits per heavy atom. The van der Waals surface area contributed by atoms with Crippen molar-refractivity contribution in [3.05, 3.63) is 71.2 Å². The van der Waals surface area contributed by atoms with Gasteiger partial charge in [0, 0.05) is 55.6 Å². The first kappa shape index (κ1) is 26.3. The molecule has 9 heteroatoms. The SMILES string of the molecule is COc1ccc(CN2C(=O)C(CC(=O)NCCc3ccccn3)CC(C(=O)N3CCOCC3)=C2C)cc1. The van der Waals surface area contributed by atoms with Crippen LogP contribution in [0.25, 0.3) is 0 Å². The molecule has 2 aliphatic rings. The van der Waals surface area contributed by atoms with Crippen molar-refractivity contribution in [3.8, 4) is 5.75 Å². The number of benzene rings is 1. The maximum absolute atomic E-state index is 13.6. The van der Waals surface area contributed by atoms with Crippen molar-refractivity contribution in [2.75, 3.05) is 40.0 Å². The third-order valence-electron chi connectivity index (χ3n) is 6.82. The molecular formula is C28H34N4O5. The summed E-state index contributed by atoms with van der Waals surface area (Å²) in [5.41, 5.74) is 3.02. The summed E-state index contributed by atoms with van der Waals surface area (Å²) in [6, 6.07) is 13.1. The van der Waals surface area contributed by atoms with Gasteiger partial charge in [0.25, 0.3) is 5.91 Å². The Bertz CT molecular complexity index is 1130. The van der Waals surface area contributed by atoms with Crippen LogP contribution in [0.2, 0.25) is 0 Å². The standard InChI is InChI=1S/C28H34N4O5/c1-20-25(28(35)31-13-15-37-16-14-31)17-22(18-26(33)30-12-10-23-5-3-4-11-29-23)27(34)32(20)19-21-6-8-24(36-2)9-7-21/h3-9,11,22H,10,12-19H2,1-2H3,(H,30,33). The van der Waals surface area contributed by atoms with Gasteiger partial charge in [-0.05, 0) is 43.2 Å². The van der Waals surface area contributed by atoms with Crippen LogP contribution in [0.15, 0.2) is 59.9 Å². The van der Waals surface area contributed by atoms with Gasteiger partial charge < -0.3 is 24.6 Å². The summed E-state index contributed by atoms with van der Waals surface area (Å²) in [7, 11) is 1.60. The van der Waals surface area contributed by atoms with Crippen LogP contribution in [0.3, 0.4) is 0 Å². The van der Waals surface area contributed by atoms with E-state index in [9.17, 15) is 14.4 Å². The van der Waals surface area contributed by atoms with Crippen molar-refractivity contribution in [3.63, 3.8) is 0 Å². The summed E-state index contributed by atoms with van der Waals surface area (Å²) in [4.78, 5) is 47.5. The maximum atomic E-state index is 13.6. The summed E-state index contributed by atoms with van der Waals surface area (Å²) >= 11 is 0. The molecule has 3 heterocycles. The van der Waals surface area contributed by atoms with E-state index in [4.69, 9.17) is 9.47 Å². The molecule has 0 bridgehead atoms. The number of ether oxygens (including phenoxy) is 2. The third kappa shape index (κ3) is 6.74. The van der Waals surface area contributed by atoms with Crippen LogP contribution in [0.4, 0.5) is 0 Å². The number of allylic oxidation sites excluding steroid dienone is 1. The normalized spacial score (nSPS) is 18.1. The number of nitrogens with zero attached hydrogens (tertiary/aromatic N) is 3. The van der Waals surface area contributed by atoms with E-state index in [0.29, 0.717) is 57.1 Å². The molecule has 0 radical (unpaired) electrons. The minimum absolute atomic E-state index is 0.0212. The highest BCUT2D eigenvalue weighted by Gasteiger charge is 2.37. The number of aromatic nitrogens is 1. The summed E-state index contributed by atoms with van der Waals surface area (Å²) in [6.45, 7) is 4.58. The average Bonchev–Trinajstić information content (AvgIpc) is 2.93. The predicted octanol–water partition coefficient (Wildman–Crippen LogP) is 2.32. The molecule has 0 saturated carbocycles. The van der Waals surface area contributed by atoms with Gasteiger partial charge in [0.15, 0.2) is 0 Å². The van der Waals surface area contributed by atoms with E-state index >= 15 is 0 Å². The van der Waals surface area contributed by atoms with Gasteiger partial charge in [-0.15, -0.1) is 0 Å². The largest absolute Gasteiger partial charge is 0.497 e. The Balaban J connectivity index is 1.49. The topological polar surface area (TPSA) is 101 Å². The molecule has 196 valence electrons. The lowest BCUT2D eigenvalue weighted by atomic mass is 9.88. The second-order valence-corrected chi connectivity index (χ2v) is 9.27. The monoisotopic (exact) mass is 506 g/mol. The van der Waals surface area contributed by atoms with Gasteiger partial charge >= 0.3 is 0 Å². The predicted molar refractivity (Wildman–Crippen MR) is 137 cm³/mol. The second kappa shape index (κ2) is 12.5. The van der Waals surface area contributed by atoms with Gasteiger partial charge in [0.05, 0.1) is 32.8 Å². The number of nitrogens with one attached hydrogen (secondary N) is 1. The first-order chi connectivity index (χ1) is 18.0. The van der Waals surface area contributed by atoms with E-state index < -0.39 is 5.92 Å². The molecule has 9 nitrogen and oxygen atoms in total. The number of carbonyl (C=O) groups excluding carboxylic acids is 3. The molecule has 1 saturated heterocycles. The fourth-order valence-corrected chi connectivity index (χ4v) is 4.67. The maximum Gasteiger partial charge on any atom is 0.251 e. The lowest BCUT2D eigenvalue weighted by Crippen LogP contribution is -2.46. The lowest BCUT2D eigenvalue weighted by Gasteiger charge is -2.37. The zero-order valence-corrected chi connectivity index (χ0v) is 21.4. The van der Waals surface area contributed by atoms with Crippen LogP contribution in [-0.4, -0.2) is 72.5 Å². The number of morpholine rings is 1. The van der Waals surface area contributed by atoms with Gasteiger partial charge in [-0.2, -0.15) is 0 Å². The van der Waals surface area contributed by atoms with Crippen molar-refractivity contribution in [1.29, 1.82) is 0 Å². The van der Waals surface area contributed by atoms with Gasteiger partial charge in [-0.1, -0.05) is 18.2 Å². The van der Waals surface area contributed by atoms with Gasteiger partial charge in [-0.25, -0.2) is 0 Å². The van der Waals surface area contributed by atoms with E-state index in [1.165, 1.54) is 0 Å². The molecule has 1 aromatic heterocycles. The van der Waals surface area contributed by atoms with E-state index in [1.807, 2.05) is 49.4 Å². The van der Waals surface area contributed by atoms with E-state index in [2.05, 4.69) is 10.3 Å². The Morgan fingerprint density at radius 3 is 2.57 bits per heavy atom. The zero-order chi connectivity index (χ0) is 26.2. The van der Waals surface area contributed by atoms with Crippen molar-refractivity contribution >= 4 is 17.7 Å². The number of hydrogen-bond donors (Lipinski definition) is 1. The van der Waals surface area contributed by atoms with Crippen molar-refractivity contribution in [2.45, 2.75) is 32.7 Å². The molecule has 3 amide bonds. The smallest absolute Gasteiger partial charge is 0.251 e. The first-order valence-corrected chi connectivity index (χ1v) is 12.6. The van der Waals surface area contributed by atoms with Crippen LogP contribution in [0, 0.1) is 5.92 Å². The zero-order valence-electron chi connectivity index (χ0n) is 21.4. The molecule has 37 heavy (non-hydrogen) atoms. The number of rotatable bonds is 9. The molecule has 4 rings (SSSR count). The number of methoxy groups -OCH3 is 1. The molecule has 2 aromatic rings. The number of amides is 3. The van der Waals surface area contributed by atoms with Crippen LogP contribution in [0.5, 0.6) is 5.75 Å². The fourth-order valence-electron chi connectivity index (χ4n) is 4.67. The van der Waals surface area contributed by atoms with Crippen molar-refractivity contribution in [1.82, 2.24) is 20.1 Å². The van der Waals surface area contributed by atoms with Gasteiger partial charge in [0.1, 0.15) is 5.75 Å². The molecule has 1 aromatic carbocycles. The Labute approximate surface area is 217 Å². The van der Waals surface area contributed by atoms with E-state index in [-0.39, 0.29) is 30.6 Å². The number of pyridine rings is 1. The van der Waals surface area contributed by atoms with Crippen LogP contribution >= 0.6 is 0 Å². The molecule has 0 spiro atoms. The van der Waals surface area contributed by atoms with Crippen LogP contribution in [0.1, 0.15) is 31.0 Å². The van der Waals surface area contributed by atoms with Crippen LogP contribution < -0.4 is 10.1 Å². The highest BCUT2D eigenvalue weighted by Crippen LogP contribution is 2.32. The van der Waals surface area contributed by atoms with E-state index in [1.54, 1.807) is 23.1 Å². The molecule has 0 aliphatic carbocycles. The first-order valence-electron chi connectivity index (χ1n) is 12.6. The summed E-state index contributed by atoms with van der Waals surface area (Å²) in [5.74, 6) is -0.335. The van der Waals surface area contributed by atoms with Gasteiger partial charge in [-0.3, -0.25) is 19.4 Å². The summed E-state index contributed by atoms with van der Waals surface area (Å²) < 4.78 is 10.6. The van der Waals surface area contributed by atoms with Crippen molar-refractivity contribution < 1.29 is 23.9 Å². The lowest BCUT2D eigenvalue weighted by molar-refractivity contribution is -0.139. The van der Waals surface area contributed by atoms with Crippen molar-refractivity contribution in [2.24, 2.45) is 5.92 Å². The minimum atomic E-state index is -0.614. The number of carbonyl (C=O) groups is 3. The molecule has 1 fully saturated rings. The quantitative estimate of drug-likeness (QED) is 0.560. The van der Waals surface area contributed by atoms with Crippen LogP contribution in [-0.2, 0) is 32.1 Å². The Kier molecular flexibility index (Phi) is 8.90. The molecule has 1 N–H and O–H groups in total. The highest BCUT2D eigenvalue weighted by atomic mass is 16.5. The summed E-state index contributed by atoms with van der Waals surface area (Å²) in [5, 5.41) is 2.90. The molecule has 1 atom stereocenters. The minimum Gasteiger partial charge on any atom is -0.497 e. The highest BCUT2D eigenvalue weighted by molar-refractivity contribution is 5.98. The second-order valence-electron chi connectivity index (χ2n) is 9.27. The fraction of sp³-hybridized carbons (Fsp3) is 0.429. The molecule has 1 unspecified atom stereocenters. The molecular weight excluding hydrogens is 472 g/mol. The average molecular weight is 507 g/mol. The van der Waals surface area contributed by atoms with E-state index in [0.717, 1.165) is 17.0 Å². The Morgan fingerprint density at radius 2 is 1.89 bits per heavy atom. The molecule has 2 aliphatic heterocycles. The summed E-state index contributed by atoms with van der Waals surface area (Å²) in [6.07, 6.45) is 2.59.